The number of ether oxygens (including phenoxy) is 1. The summed E-state index contributed by atoms with van der Waals surface area (Å²) in [5.41, 5.74) is 5.56. The van der Waals surface area contributed by atoms with Gasteiger partial charge in [0, 0.05) is 62.6 Å². The third-order valence-electron chi connectivity index (χ3n) is 7.53. The highest BCUT2D eigenvalue weighted by Gasteiger charge is 2.33. The van der Waals surface area contributed by atoms with Crippen LogP contribution < -0.4 is 10.2 Å². The van der Waals surface area contributed by atoms with E-state index < -0.39 is 0 Å². The van der Waals surface area contributed by atoms with Crippen molar-refractivity contribution in [2.45, 2.75) is 25.0 Å². The number of fused-ring (bicyclic) bond motifs is 1. The standard InChI is InChI=1S/C31H33N5O2/c37-31(36-17-13-26-21-27(11-12-29(26)36)34-18-15-33-23-34)35-19-16-32-22-28(35)14-20-38-30(24-7-3-1-4-8-24)25-9-5-2-6-10-25/h1-12,15,18,21,23,28,30,32H,13-14,16-17,19-20,22H2. The average molecular weight is 508 g/mol. The summed E-state index contributed by atoms with van der Waals surface area (Å²) in [7, 11) is 0. The number of nitrogens with zero attached hydrogens (tertiary/aromatic N) is 4. The predicted molar refractivity (Wildman–Crippen MR) is 149 cm³/mol. The number of rotatable bonds is 7. The Morgan fingerprint density at radius 2 is 1.76 bits per heavy atom. The third kappa shape index (κ3) is 5.08. The summed E-state index contributed by atoms with van der Waals surface area (Å²) < 4.78 is 8.48. The minimum absolute atomic E-state index is 0.0812. The van der Waals surface area contributed by atoms with E-state index in [-0.39, 0.29) is 18.2 Å². The first-order chi connectivity index (χ1) is 18.8. The van der Waals surface area contributed by atoms with Crippen LogP contribution in [0, 0.1) is 0 Å². The molecule has 6 rings (SSSR count). The molecule has 1 N–H and O–H groups in total. The fourth-order valence-corrected chi connectivity index (χ4v) is 5.55. The zero-order chi connectivity index (χ0) is 25.7. The molecule has 4 aromatic rings. The van der Waals surface area contributed by atoms with Gasteiger partial charge in [0.1, 0.15) is 6.10 Å². The van der Waals surface area contributed by atoms with Crippen LogP contribution in [0.4, 0.5) is 10.5 Å². The molecule has 1 saturated heterocycles. The van der Waals surface area contributed by atoms with Gasteiger partial charge >= 0.3 is 6.03 Å². The third-order valence-corrected chi connectivity index (χ3v) is 7.53. The zero-order valence-electron chi connectivity index (χ0n) is 21.4. The first kappa shape index (κ1) is 24.4. The van der Waals surface area contributed by atoms with Crippen molar-refractivity contribution in [3.63, 3.8) is 0 Å². The van der Waals surface area contributed by atoms with Gasteiger partial charge in [-0.25, -0.2) is 9.78 Å². The van der Waals surface area contributed by atoms with Gasteiger partial charge in [0.25, 0.3) is 0 Å². The molecule has 0 spiro atoms. The molecule has 2 aliphatic rings. The Morgan fingerprint density at radius 1 is 1.00 bits per heavy atom. The van der Waals surface area contributed by atoms with Gasteiger partial charge in [-0.15, -0.1) is 0 Å². The normalized spacial score (nSPS) is 17.1. The molecular weight excluding hydrogens is 474 g/mol. The molecule has 1 fully saturated rings. The number of piperazine rings is 1. The van der Waals surface area contributed by atoms with Crippen LogP contribution in [0.5, 0.6) is 0 Å². The Balaban J connectivity index is 1.14. The van der Waals surface area contributed by atoms with Crippen molar-refractivity contribution >= 4 is 11.7 Å². The Hall–Kier alpha value is -3.94. The number of benzene rings is 3. The molecule has 3 aromatic carbocycles. The highest BCUT2D eigenvalue weighted by molar-refractivity contribution is 5.94. The summed E-state index contributed by atoms with van der Waals surface area (Å²) in [5.74, 6) is 0. The van der Waals surface area contributed by atoms with Crippen LogP contribution in [-0.4, -0.2) is 59.3 Å². The SMILES string of the molecule is O=C(N1CCc2cc(-n3ccnc3)ccc21)N1CCNCC1CCOC(c1ccccc1)c1ccccc1. The molecule has 7 nitrogen and oxygen atoms in total. The van der Waals surface area contributed by atoms with Gasteiger partial charge in [-0.2, -0.15) is 0 Å². The van der Waals surface area contributed by atoms with Crippen molar-refractivity contribution in [1.82, 2.24) is 19.8 Å². The van der Waals surface area contributed by atoms with E-state index in [0.29, 0.717) is 19.7 Å². The smallest absolute Gasteiger partial charge is 0.324 e. The summed E-state index contributed by atoms with van der Waals surface area (Å²) in [4.78, 5) is 21.9. The lowest BCUT2D eigenvalue weighted by atomic mass is 10.0. The van der Waals surface area contributed by atoms with Gasteiger partial charge in [0.05, 0.1) is 6.33 Å². The van der Waals surface area contributed by atoms with Crippen LogP contribution >= 0.6 is 0 Å². The van der Waals surface area contributed by atoms with E-state index in [0.717, 1.165) is 48.4 Å². The number of aromatic nitrogens is 2. The van der Waals surface area contributed by atoms with Crippen LogP contribution in [0.3, 0.4) is 0 Å². The van der Waals surface area contributed by atoms with E-state index in [2.05, 4.69) is 52.8 Å². The van der Waals surface area contributed by atoms with Gasteiger partial charge in [-0.05, 0) is 47.7 Å². The lowest BCUT2D eigenvalue weighted by molar-refractivity contribution is 0.0590. The number of carbonyl (C=O) groups is 1. The minimum atomic E-state index is -0.131. The van der Waals surface area contributed by atoms with Gasteiger partial charge in [-0.1, -0.05) is 60.7 Å². The van der Waals surface area contributed by atoms with Gasteiger partial charge in [-0.3, -0.25) is 4.90 Å². The van der Waals surface area contributed by atoms with Crippen LogP contribution in [0.1, 0.15) is 29.2 Å². The first-order valence-electron chi connectivity index (χ1n) is 13.4. The molecule has 2 aliphatic heterocycles. The number of urea groups is 1. The molecule has 0 radical (unpaired) electrons. The molecule has 1 atom stereocenters. The van der Waals surface area contributed by atoms with Gasteiger partial charge < -0.3 is 19.5 Å². The number of hydrogen-bond donors (Lipinski definition) is 1. The monoisotopic (exact) mass is 507 g/mol. The molecule has 194 valence electrons. The number of amides is 2. The van der Waals surface area contributed by atoms with Crippen molar-refractivity contribution in [3.8, 4) is 5.69 Å². The molecule has 3 heterocycles. The summed E-state index contributed by atoms with van der Waals surface area (Å²) in [6, 6.07) is 27.1. The molecule has 2 amide bonds. The van der Waals surface area contributed by atoms with E-state index >= 15 is 0 Å². The molecule has 1 unspecified atom stereocenters. The molecule has 7 heteroatoms. The Labute approximate surface area is 223 Å². The quantitative estimate of drug-likeness (QED) is 0.389. The highest BCUT2D eigenvalue weighted by Crippen LogP contribution is 2.32. The second-order valence-corrected chi connectivity index (χ2v) is 9.88. The van der Waals surface area contributed by atoms with Gasteiger partial charge in [0.15, 0.2) is 0 Å². The number of hydrogen-bond acceptors (Lipinski definition) is 4. The zero-order valence-corrected chi connectivity index (χ0v) is 21.4. The van der Waals surface area contributed by atoms with Crippen LogP contribution in [-0.2, 0) is 11.2 Å². The molecule has 0 saturated carbocycles. The summed E-state index contributed by atoms with van der Waals surface area (Å²) in [6.45, 7) is 3.55. The molecule has 1 aromatic heterocycles. The van der Waals surface area contributed by atoms with Crippen molar-refractivity contribution in [2.24, 2.45) is 0 Å². The molecule has 0 aliphatic carbocycles. The van der Waals surface area contributed by atoms with E-state index in [1.165, 1.54) is 5.56 Å². The van der Waals surface area contributed by atoms with E-state index in [1.54, 1.807) is 12.5 Å². The Kier molecular flexibility index (Phi) is 7.20. The second-order valence-electron chi connectivity index (χ2n) is 9.88. The maximum Gasteiger partial charge on any atom is 0.324 e. The number of nitrogens with one attached hydrogen (secondary N) is 1. The molecule has 0 bridgehead atoms. The Bertz CT molecular complexity index is 1300. The average Bonchev–Trinajstić information content (AvgIpc) is 3.67. The largest absolute Gasteiger partial charge is 0.369 e. The van der Waals surface area contributed by atoms with Crippen molar-refractivity contribution in [1.29, 1.82) is 0 Å². The first-order valence-corrected chi connectivity index (χ1v) is 13.4. The van der Waals surface area contributed by atoms with Gasteiger partial charge in [0.2, 0.25) is 0 Å². The highest BCUT2D eigenvalue weighted by atomic mass is 16.5. The fourth-order valence-electron chi connectivity index (χ4n) is 5.55. The topological polar surface area (TPSA) is 62.6 Å². The van der Waals surface area contributed by atoms with Crippen molar-refractivity contribution in [3.05, 3.63) is 114 Å². The second kappa shape index (κ2) is 11.2. The van der Waals surface area contributed by atoms with E-state index in [1.807, 2.05) is 57.0 Å². The fraction of sp³-hybridized carbons (Fsp3) is 0.290. The summed E-state index contributed by atoms with van der Waals surface area (Å²) >= 11 is 0. The predicted octanol–water partition coefficient (Wildman–Crippen LogP) is 4.82. The minimum Gasteiger partial charge on any atom is -0.369 e. The lowest BCUT2D eigenvalue weighted by Gasteiger charge is -2.38. The Morgan fingerprint density at radius 3 is 2.47 bits per heavy atom. The summed E-state index contributed by atoms with van der Waals surface area (Å²) in [5, 5.41) is 3.48. The lowest BCUT2D eigenvalue weighted by Crippen LogP contribution is -2.57. The van der Waals surface area contributed by atoms with Crippen molar-refractivity contribution in [2.75, 3.05) is 37.7 Å². The molecule has 38 heavy (non-hydrogen) atoms. The van der Waals surface area contributed by atoms with E-state index in [4.69, 9.17) is 4.74 Å². The van der Waals surface area contributed by atoms with Crippen LogP contribution in [0.2, 0.25) is 0 Å². The maximum atomic E-state index is 13.8. The van der Waals surface area contributed by atoms with E-state index in [9.17, 15) is 4.79 Å². The van der Waals surface area contributed by atoms with Crippen LogP contribution in [0.25, 0.3) is 5.69 Å². The van der Waals surface area contributed by atoms with Crippen molar-refractivity contribution < 1.29 is 9.53 Å². The number of imidazole rings is 1. The maximum absolute atomic E-state index is 13.8. The number of anilines is 1. The summed E-state index contributed by atoms with van der Waals surface area (Å²) in [6.07, 6.45) is 7.02. The number of carbonyl (C=O) groups excluding carboxylic acids is 1. The van der Waals surface area contributed by atoms with Crippen LogP contribution in [0.15, 0.2) is 97.6 Å². The molecular formula is C31H33N5O2.